The zero-order valence-electron chi connectivity index (χ0n) is 15.0. The van der Waals surface area contributed by atoms with Gasteiger partial charge in [0.15, 0.2) is 0 Å². The molecule has 0 spiro atoms. The molecule has 1 aliphatic rings. The first-order chi connectivity index (χ1) is 12.8. The van der Waals surface area contributed by atoms with Crippen molar-refractivity contribution in [2.45, 2.75) is 32.3 Å². The van der Waals surface area contributed by atoms with Crippen LogP contribution in [0.1, 0.15) is 23.4 Å². The fourth-order valence-electron chi connectivity index (χ4n) is 3.54. The van der Waals surface area contributed by atoms with Gasteiger partial charge in [-0.05, 0) is 37.5 Å². The summed E-state index contributed by atoms with van der Waals surface area (Å²) in [5, 5.41) is 20.4. The number of likely N-dealkylation sites (tertiary alicyclic amines) is 1. The van der Waals surface area contributed by atoms with Gasteiger partial charge < -0.3 is 20.1 Å². The van der Waals surface area contributed by atoms with Crippen LogP contribution in [-0.4, -0.2) is 56.2 Å². The maximum Gasteiger partial charge on any atom is 0.314 e. The first-order valence-electron chi connectivity index (χ1n) is 8.74. The highest BCUT2D eigenvalue weighted by Crippen LogP contribution is 2.35. The average Bonchev–Trinajstić information content (AvgIpc) is 3.03. The third-order valence-corrected chi connectivity index (χ3v) is 5.25. The lowest BCUT2D eigenvalue weighted by molar-refractivity contribution is -0.165. The second-order valence-corrected chi connectivity index (χ2v) is 7.04. The third-order valence-electron chi connectivity index (χ3n) is 5.25. The minimum atomic E-state index is -1.54. The molecule has 1 fully saturated rings. The predicted octanol–water partition coefficient (Wildman–Crippen LogP) is 1.31. The number of aromatic nitrogens is 2. The van der Waals surface area contributed by atoms with Gasteiger partial charge >= 0.3 is 5.97 Å². The van der Waals surface area contributed by atoms with Crippen molar-refractivity contribution in [2.75, 3.05) is 13.1 Å². The fraction of sp³-hybridized carbons (Fsp3) is 0.421. The summed E-state index contributed by atoms with van der Waals surface area (Å²) in [5.74, 6) is -1.83. The first-order valence-corrected chi connectivity index (χ1v) is 8.74. The van der Waals surface area contributed by atoms with Crippen molar-refractivity contribution in [3.63, 3.8) is 0 Å². The van der Waals surface area contributed by atoms with Gasteiger partial charge in [-0.3, -0.25) is 9.59 Å². The normalized spacial score (nSPS) is 22.6. The van der Waals surface area contributed by atoms with E-state index in [1.807, 2.05) is 6.92 Å². The Kier molecular flexibility index (Phi) is 5.27. The molecular weight excluding hydrogens is 353 g/mol. The molecule has 2 heterocycles. The molecule has 1 saturated heterocycles. The SMILES string of the molecule is Cc1[nH]cnc1CC(=O)N1CC[C@H](O)[C@](Cc2ccc(F)cc2)(C(=O)O)C1. The number of aromatic amines is 1. The Balaban J connectivity index is 1.81. The largest absolute Gasteiger partial charge is 0.481 e. The van der Waals surface area contributed by atoms with Gasteiger partial charge in [0.2, 0.25) is 5.91 Å². The van der Waals surface area contributed by atoms with Crippen LogP contribution in [-0.2, 0) is 22.4 Å². The average molecular weight is 375 g/mol. The molecule has 0 unspecified atom stereocenters. The monoisotopic (exact) mass is 375 g/mol. The highest BCUT2D eigenvalue weighted by atomic mass is 19.1. The van der Waals surface area contributed by atoms with E-state index in [0.717, 1.165) is 5.69 Å². The molecule has 0 saturated carbocycles. The molecule has 1 aromatic heterocycles. The number of imidazole rings is 1. The summed E-state index contributed by atoms with van der Waals surface area (Å²) in [7, 11) is 0. The summed E-state index contributed by atoms with van der Waals surface area (Å²) in [6, 6.07) is 5.51. The van der Waals surface area contributed by atoms with E-state index < -0.39 is 23.3 Å². The number of aliphatic carboxylic acids is 1. The van der Waals surface area contributed by atoms with Gasteiger partial charge in [-0.1, -0.05) is 12.1 Å². The lowest BCUT2D eigenvalue weighted by Gasteiger charge is -2.43. The smallest absolute Gasteiger partial charge is 0.314 e. The Morgan fingerprint density at radius 2 is 2.07 bits per heavy atom. The highest BCUT2D eigenvalue weighted by molar-refractivity contribution is 5.81. The van der Waals surface area contributed by atoms with Crippen LogP contribution in [0.2, 0.25) is 0 Å². The number of aryl methyl sites for hydroxylation is 1. The number of aliphatic hydroxyl groups is 1. The Labute approximate surface area is 155 Å². The summed E-state index contributed by atoms with van der Waals surface area (Å²) in [5.41, 5.74) is 0.462. The molecule has 3 rings (SSSR count). The van der Waals surface area contributed by atoms with E-state index in [-0.39, 0.29) is 38.3 Å². The van der Waals surface area contributed by atoms with Crippen LogP contribution in [0.3, 0.4) is 0 Å². The standard InChI is InChI=1S/C19H22FN3O4/c1-12-15(22-11-21-12)8-17(25)23-7-6-16(24)19(10-23,18(26)27)9-13-2-4-14(20)5-3-13/h2-5,11,16,24H,6-10H2,1H3,(H,21,22)(H,26,27)/t16-,19+/m0/s1. The van der Waals surface area contributed by atoms with Gasteiger partial charge in [0.25, 0.3) is 0 Å². The molecule has 3 N–H and O–H groups in total. The van der Waals surface area contributed by atoms with Gasteiger partial charge in [-0.25, -0.2) is 9.37 Å². The highest BCUT2D eigenvalue weighted by Gasteiger charge is 2.50. The van der Waals surface area contributed by atoms with Gasteiger partial charge in [0.05, 0.1) is 24.5 Å². The molecule has 1 aromatic carbocycles. The number of hydrogen-bond donors (Lipinski definition) is 3. The Morgan fingerprint density at radius 3 is 2.67 bits per heavy atom. The number of carboxylic acid groups (broad SMARTS) is 1. The molecule has 0 bridgehead atoms. The molecular formula is C19H22FN3O4. The molecule has 8 heteroatoms. The number of carbonyl (C=O) groups is 2. The quantitative estimate of drug-likeness (QED) is 0.730. The molecule has 1 aliphatic heterocycles. The van der Waals surface area contributed by atoms with Crippen LogP contribution in [0.5, 0.6) is 0 Å². The van der Waals surface area contributed by atoms with Crippen LogP contribution in [0.15, 0.2) is 30.6 Å². The Hall–Kier alpha value is -2.74. The number of H-pyrrole nitrogens is 1. The number of benzene rings is 1. The summed E-state index contributed by atoms with van der Waals surface area (Å²) >= 11 is 0. The second-order valence-electron chi connectivity index (χ2n) is 7.04. The molecule has 144 valence electrons. The van der Waals surface area contributed by atoms with E-state index in [1.54, 1.807) is 0 Å². The van der Waals surface area contributed by atoms with Crippen molar-refractivity contribution in [2.24, 2.45) is 5.41 Å². The number of carbonyl (C=O) groups excluding carboxylic acids is 1. The van der Waals surface area contributed by atoms with E-state index in [0.29, 0.717) is 11.3 Å². The van der Waals surface area contributed by atoms with Gasteiger partial charge in [-0.2, -0.15) is 0 Å². The van der Waals surface area contributed by atoms with Crippen molar-refractivity contribution in [3.05, 3.63) is 53.4 Å². The number of nitrogens with zero attached hydrogens (tertiary/aromatic N) is 2. The zero-order chi connectivity index (χ0) is 19.6. The van der Waals surface area contributed by atoms with Crippen LogP contribution >= 0.6 is 0 Å². The number of carboxylic acids is 1. The number of halogens is 1. The van der Waals surface area contributed by atoms with Gasteiger partial charge in [0.1, 0.15) is 11.2 Å². The van der Waals surface area contributed by atoms with Crippen LogP contribution in [0.25, 0.3) is 0 Å². The maximum atomic E-state index is 13.1. The lowest BCUT2D eigenvalue weighted by atomic mass is 9.72. The Bertz CT molecular complexity index is 836. The van der Waals surface area contributed by atoms with Crippen molar-refractivity contribution in [3.8, 4) is 0 Å². The predicted molar refractivity (Wildman–Crippen MR) is 94.4 cm³/mol. The van der Waals surface area contributed by atoms with Gasteiger partial charge in [-0.15, -0.1) is 0 Å². The molecule has 27 heavy (non-hydrogen) atoms. The molecule has 7 nitrogen and oxygen atoms in total. The van der Waals surface area contributed by atoms with E-state index >= 15 is 0 Å². The van der Waals surface area contributed by atoms with Gasteiger partial charge in [0, 0.05) is 18.8 Å². The molecule has 0 aliphatic carbocycles. The molecule has 1 amide bonds. The molecule has 0 radical (unpaired) electrons. The number of piperidine rings is 1. The number of amides is 1. The van der Waals surface area contributed by atoms with Crippen molar-refractivity contribution in [1.82, 2.24) is 14.9 Å². The number of hydrogen-bond acceptors (Lipinski definition) is 4. The zero-order valence-corrected chi connectivity index (χ0v) is 15.0. The second kappa shape index (κ2) is 7.48. The number of aliphatic hydroxyl groups excluding tert-OH is 1. The molecule has 2 aromatic rings. The summed E-state index contributed by atoms with van der Waals surface area (Å²) in [6.07, 6.45) is 0.649. The maximum absolute atomic E-state index is 13.1. The Morgan fingerprint density at radius 1 is 1.37 bits per heavy atom. The van der Waals surface area contributed by atoms with E-state index in [4.69, 9.17) is 0 Å². The summed E-state index contributed by atoms with van der Waals surface area (Å²) in [4.78, 5) is 33.3. The topological polar surface area (TPSA) is 107 Å². The minimum Gasteiger partial charge on any atom is -0.481 e. The van der Waals surface area contributed by atoms with E-state index in [1.165, 1.54) is 35.5 Å². The van der Waals surface area contributed by atoms with Crippen molar-refractivity contribution < 1.29 is 24.2 Å². The van der Waals surface area contributed by atoms with Crippen LogP contribution in [0.4, 0.5) is 4.39 Å². The summed E-state index contributed by atoms with van der Waals surface area (Å²) < 4.78 is 13.1. The van der Waals surface area contributed by atoms with Crippen molar-refractivity contribution >= 4 is 11.9 Å². The van der Waals surface area contributed by atoms with Crippen molar-refractivity contribution in [1.29, 1.82) is 0 Å². The third kappa shape index (κ3) is 3.85. The summed E-state index contributed by atoms with van der Waals surface area (Å²) in [6.45, 7) is 1.98. The van der Waals surface area contributed by atoms with E-state index in [9.17, 15) is 24.2 Å². The minimum absolute atomic E-state index is 0.00892. The van der Waals surface area contributed by atoms with Crippen LogP contribution in [0, 0.1) is 18.2 Å². The molecule has 2 atom stereocenters. The first kappa shape index (κ1) is 19.0. The number of rotatable bonds is 5. The lowest BCUT2D eigenvalue weighted by Crippen LogP contribution is -2.58. The number of nitrogens with one attached hydrogen (secondary N) is 1. The van der Waals surface area contributed by atoms with Crippen LogP contribution < -0.4 is 0 Å². The fourth-order valence-corrected chi connectivity index (χ4v) is 3.54. The van der Waals surface area contributed by atoms with E-state index in [2.05, 4.69) is 9.97 Å².